The molecule has 0 saturated carbocycles. The maximum Gasteiger partial charge on any atom is 0.410 e. The predicted molar refractivity (Wildman–Crippen MR) is 127 cm³/mol. The van der Waals surface area contributed by atoms with Crippen molar-refractivity contribution in [3.63, 3.8) is 0 Å². The first-order chi connectivity index (χ1) is 15.4. The molecule has 174 valence electrons. The molecule has 0 bridgehead atoms. The maximum atomic E-state index is 12.7. The van der Waals surface area contributed by atoms with E-state index in [2.05, 4.69) is 25.6 Å². The molecule has 0 saturated heterocycles. The molecule has 8 heteroatoms. The minimum Gasteiger partial charge on any atom is -0.444 e. The Bertz CT molecular complexity index is 821. The number of hydrogen-bond acceptors (Lipinski definition) is 5. The lowest BCUT2D eigenvalue weighted by atomic mass is 10.2. The second kappa shape index (κ2) is 13.3. The van der Waals surface area contributed by atoms with E-state index in [4.69, 9.17) is 4.74 Å². The highest BCUT2D eigenvalue weighted by Gasteiger charge is 2.22. The van der Waals surface area contributed by atoms with Crippen molar-refractivity contribution in [1.82, 2.24) is 25.5 Å². The van der Waals surface area contributed by atoms with Crippen LogP contribution in [-0.4, -0.2) is 58.7 Å². The highest BCUT2D eigenvalue weighted by Crippen LogP contribution is 2.13. The lowest BCUT2D eigenvalue weighted by Crippen LogP contribution is -2.39. The van der Waals surface area contributed by atoms with Crippen LogP contribution in [0.2, 0.25) is 0 Å². The SMILES string of the molecule is CCNC(=NCCCN(Cc1cccnc1)C(=O)OC(C)(C)C)NCCc1ccccn1. The first kappa shape index (κ1) is 25.1. The van der Waals surface area contributed by atoms with Gasteiger partial charge in [0.1, 0.15) is 5.60 Å². The summed E-state index contributed by atoms with van der Waals surface area (Å²) in [6, 6.07) is 9.74. The van der Waals surface area contributed by atoms with E-state index in [-0.39, 0.29) is 6.09 Å². The molecule has 0 spiro atoms. The minimum atomic E-state index is -0.543. The van der Waals surface area contributed by atoms with Crippen molar-refractivity contribution in [3.8, 4) is 0 Å². The Hall–Kier alpha value is -3.16. The van der Waals surface area contributed by atoms with Crippen LogP contribution in [0.25, 0.3) is 0 Å². The quantitative estimate of drug-likeness (QED) is 0.334. The molecule has 8 nitrogen and oxygen atoms in total. The fourth-order valence-corrected chi connectivity index (χ4v) is 2.92. The molecule has 0 atom stereocenters. The first-order valence-electron chi connectivity index (χ1n) is 11.2. The summed E-state index contributed by atoms with van der Waals surface area (Å²) < 4.78 is 5.58. The molecule has 2 aromatic heterocycles. The number of pyridine rings is 2. The number of ether oxygens (including phenoxy) is 1. The minimum absolute atomic E-state index is 0.328. The van der Waals surface area contributed by atoms with Gasteiger partial charge in [-0.1, -0.05) is 12.1 Å². The molecule has 0 aliphatic heterocycles. The second-order valence-electron chi connectivity index (χ2n) is 8.38. The molecule has 0 fully saturated rings. The van der Waals surface area contributed by atoms with Crippen molar-refractivity contribution in [1.29, 1.82) is 0 Å². The lowest BCUT2D eigenvalue weighted by molar-refractivity contribution is 0.0232. The van der Waals surface area contributed by atoms with Crippen molar-refractivity contribution in [2.75, 3.05) is 26.2 Å². The predicted octanol–water partition coefficient (Wildman–Crippen LogP) is 3.40. The van der Waals surface area contributed by atoms with Crippen molar-refractivity contribution in [3.05, 3.63) is 60.2 Å². The van der Waals surface area contributed by atoms with E-state index < -0.39 is 5.60 Å². The van der Waals surface area contributed by atoms with E-state index in [1.54, 1.807) is 23.5 Å². The molecular weight excluding hydrogens is 404 g/mol. The Kier molecular flexibility index (Phi) is 10.4. The van der Waals surface area contributed by atoms with Crippen molar-refractivity contribution in [2.24, 2.45) is 4.99 Å². The van der Waals surface area contributed by atoms with Crippen LogP contribution < -0.4 is 10.6 Å². The Morgan fingerprint density at radius 2 is 2.00 bits per heavy atom. The van der Waals surface area contributed by atoms with Crippen LogP contribution in [0.1, 0.15) is 45.4 Å². The monoisotopic (exact) mass is 440 g/mol. The number of carbonyl (C=O) groups excluding carboxylic acids is 1. The summed E-state index contributed by atoms with van der Waals surface area (Å²) in [6.07, 6.45) is 6.50. The highest BCUT2D eigenvalue weighted by atomic mass is 16.6. The van der Waals surface area contributed by atoms with Crippen LogP contribution in [0.15, 0.2) is 53.9 Å². The van der Waals surface area contributed by atoms with E-state index in [0.29, 0.717) is 19.6 Å². The van der Waals surface area contributed by atoms with E-state index in [1.807, 2.05) is 58.0 Å². The third kappa shape index (κ3) is 10.2. The normalized spacial score (nSPS) is 11.7. The number of carbonyl (C=O) groups is 1. The maximum absolute atomic E-state index is 12.7. The molecular formula is C24H36N6O2. The molecule has 2 heterocycles. The average Bonchev–Trinajstić information content (AvgIpc) is 2.76. The topological polar surface area (TPSA) is 91.7 Å². The van der Waals surface area contributed by atoms with Gasteiger partial charge < -0.3 is 20.3 Å². The van der Waals surface area contributed by atoms with Crippen LogP contribution in [0.3, 0.4) is 0 Å². The number of nitrogens with zero attached hydrogens (tertiary/aromatic N) is 4. The summed E-state index contributed by atoms with van der Waals surface area (Å²) in [4.78, 5) is 27.5. The number of aliphatic imine (C=N–C) groups is 1. The Labute approximate surface area is 191 Å². The molecule has 0 aliphatic rings. The van der Waals surface area contributed by atoms with Crippen molar-refractivity contribution >= 4 is 12.1 Å². The van der Waals surface area contributed by atoms with Gasteiger partial charge in [0, 0.05) is 56.9 Å². The fraction of sp³-hybridized carbons (Fsp3) is 0.500. The van der Waals surface area contributed by atoms with Crippen LogP contribution >= 0.6 is 0 Å². The van der Waals surface area contributed by atoms with Crippen LogP contribution in [0.4, 0.5) is 4.79 Å². The van der Waals surface area contributed by atoms with E-state index in [9.17, 15) is 4.79 Å². The fourth-order valence-electron chi connectivity index (χ4n) is 2.92. The molecule has 2 aromatic rings. The zero-order valence-electron chi connectivity index (χ0n) is 19.7. The highest BCUT2D eigenvalue weighted by molar-refractivity contribution is 5.79. The van der Waals surface area contributed by atoms with Gasteiger partial charge in [0.2, 0.25) is 0 Å². The van der Waals surface area contributed by atoms with Gasteiger partial charge in [-0.05, 0) is 57.9 Å². The molecule has 0 aliphatic carbocycles. The number of rotatable bonds is 10. The second-order valence-corrected chi connectivity index (χ2v) is 8.38. The number of hydrogen-bond donors (Lipinski definition) is 2. The molecule has 0 radical (unpaired) electrons. The molecule has 2 rings (SSSR count). The summed E-state index contributed by atoms with van der Waals surface area (Å²) in [6.45, 7) is 10.8. The van der Waals surface area contributed by atoms with Gasteiger partial charge in [0.15, 0.2) is 5.96 Å². The Balaban J connectivity index is 1.88. The molecule has 2 N–H and O–H groups in total. The smallest absolute Gasteiger partial charge is 0.410 e. The largest absolute Gasteiger partial charge is 0.444 e. The van der Waals surface area contributed by atoms with Gasteiger partial charge >= 0.3 is 6.09 Å². The molecule has 0 aromatic carbocycles. The van der Waals surface area contributed by atoms with Gasteiger partial charge in [0.25, 0.3) is 0 Å². The third-order valence-electron chi connectivity index (χ3n) is 4.35. The van der Waals surface area contributed by atoms with Gasteiger partial charge in [-0.2, -0.15) is 0 Å². The first-order valence-corrected chi connectivity index (χ1v) is 11.2. The zero-order valence-corrected chi connectivity index (χ0v) is 19.7. The van der Waals surface area contributed by atoms with Gasteiger partial charge in [-0.3, -0.25) is 15.0 Å². The number of nitrogens with one attached hydrogen (secondary N) is 2. The summed E-state index contributed by atoms with van der Waals surface area (Å²) in [5.41, 5.74) is 1.46. The summed E-state index contributed by atoms with van der Waals surface area (Å²) in [7, 11) is 0. The third-order valence-corrected chi connectivity index (χ3v) is 4.35. The molecule has 0 unspecified atom stereocenters. The number of amides is 1. The Morgan fingerprint density at radius 3 is 2.66 bits per heavy atom. The average molecular weight is 441 g/mol. The molecule has 1 amide bonds. The zero-order chi connectivity index (χ0) is 23.2. The van der Waals surface area contributed by atoms with Crippen LogP contribution in [0.5, 0.6) is 0 Å². The number of aromatic nitrogens is 2. The van der Waals surface area contributed by atoms with E-state index >= 15 is 0 Å². The molecule has 32 heavy (non-hydrogen) atoms. The lowest BCUT2D eigenvalue weighted by Gasteiger charge is -2.27. The van der Waals surface area contributed by atoms with E-state index in [0.717, 1.165) is 43.1 Å². The summed E-state index contributed by atoms with van der Waals surface area (Å²) >= 11 is 0. The van der Waals surface area contributed by atoms with Crippen LogP contribution in [-0.2, 0) is 17.7 Å². The van der Waals surface area contributed by atoms with Crippen LogP contribution in [0, 0.1) is 0 Å². The van der Waals surface area contributed by atoms with E-state index in [1.165, 1.54) is 0 Å². The van der Waals surface area contributed by atoms with Gasteiger partial charge in [0.05, 0.1) is 6.54 Å². The number of guanidine groups is 1. The van der Waals surface area contributed by atoms with Gasteiger partial charge in [-0.15, -0.1) is 0 Å². The van der Waals surface area contributed by atoms with Gasteiger partial charge in [-0.25, -0.2) is 4.79 Å². The Morgan fingerprint density at radius 1 is 1.16 bits per heavy atom. The summed E-state index contributed by atoms with van der Waals surface area (Å²) in [5, 5.41) is 6.59. The van der Waals surface area contributed by atoms with Crippen molar-refractivity contribution in [2.45, 2.75) is 52.7 Å². The van der Waals surface area contributed by atoms with Crippen molar-refractivity contribution < 1.29 is 9.53 Å². The standard InChI is InChI=1S/C24H36N6O2/c1-5-26-22(29-16-12-21-11-6-7-14-27-21)28-15-9-17-30(23(31)32-24(2,3)4)19-20-10-8-13-25-18-20/h6-8,10-11,13-14,18H,5,9,12,15-17,19H2,1-4H3,(H2,26,28,29). The summed E-state index contributed by atoms with van der Waals surface area (Å²) in [5.74, 6) is 0.763.